The molecule has 5 rings (SSSR count). The first-order chi connectivity index (χ1) is 13.2. The number of nitrogens with zero attached hydrogens (tertiary/aromatic N) is 3. The second kappa shape index (κ2) is 6.99. The second-order valence-corrected chi connectivity index (χ2v) is 8.45. The van der Waals surface area contributed by atoms with Crippen molar-refractivity contribution in [2.75, 3.05) is 32.0 Å². The van der Waals surface area contributed by atoms with Crippen molar-refractivity contribution in [3.05, 3.63) is 22.5 Å². The van der Waals surface area contributed by atoms with Crippen LogP contribution in [0.25, 0.3) is 11.5 Å². The first kappa shape index (κ1) is 17.3. The summed E-state index contributed by atoms with van der Waals surface area (Å²) in [5, 5.41) is 9.17. The van der Waals surface area contributed by atoms with Gasteiger partial charge in [-0.25, -0.2) is 0 Å². The van der Waals surface area contributed by atoms with Crippen molar-refractivity contribution < 1.29 is 9.15 Å². The molecule has 1 saturated heterocycles. The number of nitrogen functional groups attached to an aromatic ring is 1. The normalized spacial score (nSPS) is 21.1. The van der Waals surface area contributed by atoms with E-state index in [1.54, 1.807) is 6.07 Å². The fourth-order valence-corrected chi connectivity index (χ4v) is 4.45. The van der Waals surface area contributed by atoms with Crippen molar-refractivity contribution in [1.29, 1.82) is 0 Å². The van der Waals surface area contributed by atoms with Gasteiger partial charge in [-0.05, 0) is 63.6 Å². The molecule has 2 aromatic rings. The molecule has 0 spiro atoms. The topological polar surface area (TPSA) is 77.4 Å². The average Bonchev–Trinajstić information content (AvgIpc) is 3.38. The monoisotopic (exact) mass is 388 g/mol. The van der Waals surface area contributed by atoms with Crippen molar-refractivity contribution in [1.82, 2.24) is 15.1 Å². The molecular weight excluding hydrogens is 364 g/mol. The van der Waals surface area contributed by atoms with E-state index in [0.717, 1.165) is 67.5 Å². The molecule has 7 heteroatoms. The molecule has 6 nitrogen and oxygen atoms in total. The van der Waals surface area contributed by atoms with Gasteiger partial charge in [-0.1, -0.05) is 11.6 Å². The molecule has 1 saturated carbocycles. The quantitative estimate of drug-likeness (QED) is 0.800. The Morgan fingerprint density at radius 1 is 1.19 bits per heavy atom. The summed E-state index contributed by atoms with van der Waals surface area (Å²) in [6.45, 7) is 4.16. The van der Waals surface area contributed by atoms with Gasteiger partial charge in [0.1, 0.15) is 5.75 Å². The Morgan fingerprint density at radius 3 is 2.78 bits per heavy atom. The molecule has 0 radical (unpaired) electrons. The molecule has 3 heterocycles. The molecule has 2 N–H and O–H groups in total. The van der Waals surface area contributed by atoms with Gasteiger partial charge >= 0.3 is 0 Å². The molecule has 0 unspecified atom stereocenters. The SMILES string of the molecule is Nc1c(Cl)cc(-c2nnc(C3CCN(CC4CC4)CC3)o2)c2c1CCCO2. The predicted octanol–water partition coefficient (Wildman–Crippen LogP) is 3.89. The lowest BCUT2D eigenvalue weighted by Crippen LogP contribution is -2.34. The molecule has 0 amide bonds. The molecule has 1 aromatic carbocycles. The Balaban J connectivity index is 1.36. The number of hydrogen-bond acceptors (Lipinski definition) is 6. The summed E-state index contributed by atoms with van der Waals surface area (Å²) in [4.78, 5) is 2.58. The summed E-state index contributed by atoms with van der Waals surface area (Å²) in [6.07, 6.45) is 6.75. The molecule has 1 aliphatic carbocycles. The van der Waals surface area contributed by atoms with Crippen LogP contribution >= 0.6 is 11.6 Å². The number of likely N-dealkylation sites (tertiary alicyclic amines) is 1. The van der Waals surface area contributed by atoms with E-state index < -0.39 is 0 Å². The second-order valence-electron chi connectivity index (χ2n) is 8.04. The molecule has 2 aliphatic heterocycles. The molecule has 0 atom stereocenters. The lowest BCUT2D eigenvalue weighted by molar-refractivity contribution is 0.193. The van der Waals surface area contributed by atoms with E-state index in [2.05, 4.69) is 15.1 Å². The van der Waals surface area contributed by atoms with Crippen LogP contribution in [-0.4, -0.2) is 41.3 Å². The van der Waals surface area contributed by atoms with E-state index in [0.29, 0.717) is 29.1 Å². The van der Waals surface area contributed by atoms with Crippen molar-refractivity contribution in [2.45, 2.75) is 44.4 Å². The number of fused-ring (bicyclic) bond motifs is 1. The maximum Gasteiger partial charge on any atom is 0.251 e. The van der Waals surface area contributed by atoms with E-state index >= 15 is 0 Å². The summed E-state index contributed by atoms with van der Waals surface area (Å²) in [5.41, 5.74) is 8.45. The number of rotatable bonds is 4. The lowest BCUT2D eigenvalue weighted by atomic mass is 9.96. The first-order valence-electron chi connectivity index (χ1n) is 9.99. The number of halogens is 1. The standard InChI is InChI=1S/C20H25ClN4O2/c21-16-10-15(18-14(17(16)22)2-1-9-26-18)20-24-23-19(27-20)13-5-7-25(8-6-13)11-12-3-4-12/h10,12-13H,1-9,11,22H2. The van der Waals surface area contributed by atoms with Crippen molar-refractivity contribution in [3.8, 4) is 17.2 Å². The van der Waals surface area contributed by atoms with Gasteiger partial charge in [0, 0.05) is 18.0 Å². The van der Waals surface area contributed by atoms with Crippen LogP contribution < -0.4 is 10.5 Å². The minimum Gasteiger partial charge on any atom is -0.492 e. The van der Waals surface area contributed by atoms with Crippen LogP contribution in [-0.2, 0) is 6.42 Å². The van der Waals surface area contributed by atoms with Gasteiger partial charge in [0.15, 0.2) is 0 Å². The Bertz CT molecular complexity index is 841. The zero-order valence-corrected chi connectivity index (χ0v) is 16.2. The van der Waals surface area contributed by atoms with Crippen LogP contribution in [0.1, 0.15) is 49.5 Å². The number of nitrogens with two attached hydrogens (primary N) is 1. The van der Waals surface area contributed by atoms with Gasteiger partial charge in [0.25, 0.3) is 5.89 Å². The van der Waals surface area contributed by atoms with Gasteiger partial charge in [0.2, 0.25) is 5.89 Å². The number of hydrogen-bond donors (Lipinski definition) is 1. The van der Waals surface area contributed by atoms with Crippen LogP contribution in [0, 0.1) is 5.92 Å². The van der Waals surface area contributed by atoms with Crippen molar-refractivity contribution >= 4 is 17.3 Å². The number of aromatic nitrogens is 2. The number of benzene rings is 1. The lowest BCUT2D eigenvalue weighted by Gasteiger charge is -2.30. The smallest absolute Gasteiger partial charge is 0.251 e. The first-order valence-corrected chi connectivity index (χ1v) is 10.4. The van der Waals surface area contributed by atoms with Crippen LogP contribution in [0.4, 0.5) is 5.69 Å². The van der Waals surface area contributed by atoms with Gasteiger partial charge in [0.05, 0.1) is 22.9 Å². The van der Waals surface area contributed by atoms with Crippen LogP contribution in [0.5, 0.6) is 5.75 Å². The predicted molar refractivity (Wildman–Crippen MR) is 104 cm³/mol. The highest BCUT2D eigenvalue weighted by atomic mass is 35.5. The molecule has 27 heavy (non-hydrogen) atoms. The molecular formula is C20H25ClN4O2. The molecule has 2 fully saturated rings. The highest BCUT2D eigenvalue weighted by Crippen LogP contribution is 2.43. The minimum absolute atomic E-state index is 0.336. The summed E-state index contributed by atoms with van der Waals surface area (Å²) < 4.78 is 12.0. The summed E-state index contributed by atoms with van der Waals surface area (Å²) in [7, 11) is 0. The molecule has 1 aromatic heterocycles. The van der Waals surface area contributed by atoms with Crippen LogP contribution in [0.2, 0.25) is 5.02 Å². The number of ether oxygens (including phenoxy) is 1. The highest BCUT2D eigenvalue weighted by molar-refractivity contribution is 6.33. The maximum atomic E-state index is 6.34. The third kappa shape index (κ3) is 3.41. The van der Waals surface area contributed by atoms with Crippen LogP contribution in [0.15, 0.2) is 10.5 Å². The van der Waals surface area contributed by atoms with E-state index in [1.807, 2.05) is 0 Å². The average molecular weight is 389 g/mol. The van der Waals surface area contributed by atoms with Crippen LogP contribution in [0.3, 0.4) is 0 Å². The molecule has 0 bridgehead atoms. The van der Waals surface area contributed by atoms with E-state index in [4.69, 9.17) is 26.5 Å². The van der Waals surface area contributed by atoms with E-state index in [-0.39, 0.29) is 0 Å². The summed E-state index contributed by atoms with van der Waals surface area (Å²) in [5.74, 6) is 3.23. The Kier molecular flexibility index (Phi) is 4.48. The van der Waals surface area contributed by atoms with Gasteiger partial charge in [-0.15, -0.1) is 10.2 Å². The Labute approximate surface area is 164 Å². The number of piperidine rings is 1. The molecule has 144 valence electrons. The summed E-state index contributed by atoms with van der Waals surface area (Å²) in [6, 6.07) is 1.79. The minimum atomic E-state index is 0.336. The van der Waals surface area contributed by atoms with Crippen molar-refractivity contribution in [2.24, 2.45) is 5.92 Å². The fourth-order valence-electron chi connectivity index (χ4n) is 4.23. The zero-order valence-electron chi connectivity index (χ0n) is 15.4. The Hall–Kier alpha value is -1.79. The zero-order chi connectivity index (χ0) is 18.4. The third-order valence-corrected chi connectivity index (χ3v) is 6.32. The maximum absolute atomic E-state index is 6.34. The fraction of sp³-hybridized carbons (Fsp3) is 0.600. The largest absolute Gasteiger partial charge is 0.492 e. The molecule has 3 aliphatic rings. The van der Waals surface area contributed by atoms with E-state index in [9.17, 15) is 0 Å². The summed E-state index contributed by atoms with van der Waals surface area (Å²) >= 11 is 6.34. The third-order valence-electron chi connectivity index (χ3n) is 6.01. The highest BCUT2D eigenvalue weighted by Gasteiger charge is 2.30. The van der Waals surface area contributed by atoms with Gasteiger partial charge in [-0.3, -0.25) is 0 Å². The number of anilines is 1. The van der Waals surface area contributed by atoms with Gasteiger partial charge in [-0.2, -0.15) is 0 Å². The van der Waals surface area contributed by atoms with Gasteiger partial charge < -0.3 is 19.8 Å². The van der Waals surface area contributed by atoms with E-state index in [1.165, 1.54) is 19.4 Å². The Morgan fingerprint density at radius 2 is 2.00 bits per heavy atom. The van der Waals surface area contributed by atoms with Crippen molar-refractivity contribution in [3.63, 3.8) is 0 Å².